The summed E-state index contributed by atoms with van der Waals surface area (Å²) in [6, 6.07) is 5.81. The molecule has 1 amide bonds. The lowest BCUT2D eigenvalue weighted by molar-refractivity contribution is -0.113. The number of fused-ring (bicyclic) bond motifs is 1. The second-order valence-corrected chi connectivity index (χ2v) is 7.72. The van der Waals surface area contributed by atoms with Crippen molar-refractivity contribution in [3.63, 3.8) is 0 Å². The molecule has 0 aliphatic carbocycles. The van der Waals surface area contributed by atoms with Gasteiger partial charge in [0.15, 0.2) is 10.8 Å². The highest BCUT2D eigenvalue weighted by Gasteiger charge is 2.18. The van der Waals surface area contributed by atoms with Crippen LogP contribution in [0.15, 0.2) is 35.6 Å². The summed E-state index contributed by atoms with van der Waals surface area (Å²) < 4.78 is 19.4. The van der Waals surface area contributed by atoms with Crippen molar-refractivity contribution in [2.75, 3.05) is 42.3 Å². The van der Waals surface area contributed by atoms with E-state index < -0.39 is 5.82 Å². The maximum absolute atomic E-state index is 13.2. The molecule has 3 aromatic rings. The molecule has 1 saturated heterocycles. The van der Waals surface area contributed by atoms with Crippen LogP contribution in [0.1, 0.15) is 0 Å². The first-order valence-electron chi connectivity index (χ1n) is 8.31. The van der Waals surface area contributed by atoms with Crippen LogP contribution >= 0.6 is 23.1 Å². The molecule has 1 fully saturated rings. The maximum atomic E-state index is 13.2. The Balaban J connectivity index is 1.45. The van der Waals surface area contributed by atoms with Crippen molar-refractivity contribution >= 4 is 50.2 Å². The average Bonchev–Trinajstić information content (AvgIpc) is 3.12. The van der Waals surface area contributed by atoms with Crippen LogP contribution < -0.4 is 10.2 Å². The van der Waals surface area contributed by atoms with Gasteiger partial charge in [0.1, 0.15) is 21.9 Å². The van der Waals surface area contributed by atoms with Crippen LogP contribution in [0.4, 0.5) is 15.2 Å². The van der Waals surface area contributed by atoms with Gasteiger partial charge >= 0.3 is 0 Å². The zero-order valence-corrected chi connectivity index (χ0v) is 15.9. The van der Waals surface area contributed by atoms with E-state index in [9.17, 15) is 9.18 Å². The highest BCUT2D eigenvalue weighted by molar-refractivity contribution is 8.00. The van der Waals surface area contributed by atoms with E-state index in [0.29, 0.717) is 29.6 Å². The van der Waals surface area contributed by atoms with Crippen molar-refractivity contribution < 1.29 is 13.9 Å². The second kappa shape index (κ2) is 8.15. The number of thiazole rings is 1. The smallest absolute Gasteiger partial charge is 0.234 e. The first kappa shape index (κ1) is 18.1. The molecular weight excluding hydrogens is 389 g/mol. The Morgan fingerprint density at radius 1 is 1.33 bits per heavy atom. The summed E-state index contributed by atoms with van der Waals surface area (Å²) in [5.74, 6) is -0.457. The molecule has 0 radical (unpaired) electrons. The lowest BCUT2D eigenvalue weighted by Crippen LogP contribution is -2.36. The lowest BCUT2D eigenvalue weighted by Gasteiger charge is -2.25. The quantitative estimate of drug-likeness (QED) is 0.516. The number of morpholine rings is 1. The average molecular weight is 405 g/mol. The first-order valence-corrected chi connectivity index (χ1v) is 10.1. The van der Waals surface area contributed by atoms with Crippen LogP contribution in [0.25, 0.3) is 10.3 Å². The molecule has 0 bridgehead atoms. The fourth-order valence-corrected chi connectivity index (χ4v) is 4.55. The third kappa shape index (κ3) is 4.34. The van der Waals surface area contributed by atoms with Crippen molar-refractivity contribution in [2.45, 2.75) is 5.03 Å². The predicted octanol–water partition coefficient (Wildman–Crippen LogP) is 2.79. The van der Waals surface area contributed by atoms with E-state index in [1.54, 1.807) is 12.1 Å². The van der Waals surface area contributed by atoms with Crippen LogP contribution in [0, 0.1) is 5.82 Å². The standard InChI is InChI=1S/C17H16FN5O2S2/c18-11-2-1-3-12(8-11)21-13(24)9-26-16-14-15(19-10-20-16)22-17(27-14)23-4-6-25-7-5-23/h1-3,8,10H,4-7,9H2,(H,21,24). The number of carbonyl (C=O) groups excluding carboxylic acids is 1. The monoisotopic (exact) mass is 405 g/mol. The van der Waals surface area contributed by atoms with Gasteiger partial charge < -0.3 is 15.0 Å². The van der Waals surface area contributed by atoms with Crippen LogP contribution in [0.5, 0.6) is 0 Å². The number of carbonyl (C=O) groups is 1. The fraction of sp³-hybridized carbons (Fsp3) is 0.294. The number of nitrogens with one attached hydrogen (secondary N) is 1. The van der Waals surface area contributed by atoms with E-state index in [1.165, 1.54) is 41.6 Å². The van der Waals surface area contributed by atoms with E-state index in [0.717, 1.165) is 22.9 Å². The minimum absolute atomic E-state index is 0.160. The van der Waals surface area contributed by atoms with E-state index in [4.69, 9.17) is 4.74 Å². The van der Waals surface area contributed by atoms with Gasteiger partial charge in [-0.25, -0.2) is 14.4 Å². The van der Waals surface area contributed by atoms with Crippen LogP contribution in [-0.2, 0) is 9.53 Å². The number of halogens is 1. The van der Waals surface area contributed by atoms with Crippen LogP contribution in [0.2, 0.25) is 0 Å². The third-order valence-corrected chi connectivity index (χ3v) is 6.11. The van der Waals surface area contributed by atoms with Gasteiger partial charge in [-0.3, -0.25) is 4.79 Å². The van der Waals surface area contributed by atoms with Gasteiger partial charge in [0.25, 0.3) is 0 Å². The Morgan fingerprint density at radius 2 is 2.19 bits per heavy atom. The third-order valence-electron chi connectivity index (χ3n) is 3.88. The van der Waals surface area contributed by atoms with E-state index in [-0.39, 0.29) is 11.7 Å². The molecule has 140 valence electrons. The van der Waals surface area contributed by atoms with Gasteiger partial charge in [0.2, 0.25) is 5.91 Å². The molecule has 10 heteroatoms. The van der Waals surface area contributed by atoms with Gasteiger partial charge in [0, 0.05) is 18.8 Å². The predicted molar refractivity (Wildman–Crippen MR) is 104 cm³/mol. The van der Waals surface area contributed by atoms with Gasteiger partial charge in [-0.1, -0.05) is 29.2 Å². The first-order chi connectivity index (χ1) is 13.2. The highest BCUT2D eigenvalue weighted by atomic mass is 32.2. The SMILES string of the molecule is O=C(CSc1ncnc2nc(N3CCOCC3)sc12)Nc1cccc(F)c1. The maximum Gasteiger partial charge on any atom is 0.234 e. The topological polar surface area (TPSA) is 80.2 Å². The number of nitrogens with zero attached hydrogens (tertiary/aromatic N) is 4. The summed E-state index contributed by atoms with van der Waals surface area (Å²) >= 11 is 2.83. The Bertz CT molecular complexity index is 961. The van der Waals surface area contributed by atoms with E-state index in [1.807, 2.05) is 0 Å². The van der Waals surface area contributed by atoms with Gasteiger partial charge in [0.05, 0.1) is 19.0 Å². The van der Waals surface area contributed by atoms with Crippen molar-refractivity contribution in [2.24, 2.45) is 0 Å². The van der Waals surface area contributed by atoms with Gasteiger partial charge in [-0.05, 0) is 18.2 Å². The molecule has 7 nitrogen and oxygen atoms in total. The summed E-state index contributed by atoms with van der Waals surface area (Å²) in [7, 11) is 0. The molecule has 2 aromatic heterocycles. The largest absolute Gasteiger partial charge is 0.378 e. The molecule has 0 saturated carbocycles. The molecule has 27 heavy (non-hydrogen) atoms. The number of aromatic nitrogens is 3. The van der Waals surface area contributed by atoms with Gasteiger partial charge in [-0.2, -0.15) is 4.98 Å². The molecule has 1 N–H and O–H groups in total. The number of hydrogen-bond donors (Lipinski definition) is 1. The number of anilines is 2. The molecule has 1 aromatic carbocycles. The van der Waals surface area contributed by atoms with Gasteiger partial charge in [-0.15, -0.1) is 0 Å². The molecule has 0 unspecified atom stereocenters. The molecule has 0 atom stereocenters. The van der Waals surface area contributed by atoms with Crippen LogP contribution in [0.3, 0.4) is 0 Å². The molecular formula is C17H16FN5O2S2. The minimum atomic E-state index is -0.390. The highest BCUT2D eigenvalue weighted by Crippen LogP contribution is 2.34. The number of rotatable bonds is 5. The minimum Gasteiger partial charge on any atom is -0.378 e. The summed E-state index contributed by atoms with van der Waals surface area (Å²) in [5, 5.41) is 4.28. The molecule has 1 aliphatic rings. The number of amides is 1. The number of benzene rings is 1. The zero-order valence-electron chi connectivity index (χ0n) is 14.2. The number of hydrogen-bond acceptors (Lipinski definition) is 8. The van der Waals surface area contributed by atoms with Crippen LogP contribution in [-0.4, -0.2) is 52.9 Å². The summed E-state index contributed by atoms with van der Waals surface area (Å²) in [6.45, 7) is 2.96. The van der Waals surface area contributed by atoms with E-state index >= 15 is 0 Å². The summed E-state index contributed by atoms with van der Waals surface area (Å²) in [4.78, 5) is 27.4. The Kier molecular flexibility index (Phi) is 5.46. The van der Waals surface area contributed by atoms with E-state index in [2.05, 4.69) is 25.2 Å². The Labute approximate surface area is 163 Å². The zero-order chi connectivity index (χ0) is 18.6. The second-order valence-electron chi connectivity index (χ2n) is 5.77. The van der Waals surface area contributed by atoms with Crippen molar-refractivity contribution in [3.05, 3.63) is 36.4 Å². The Hall–Kier alpha value is -2.30. The van der Waals surface area contributed by atoms with Crippen molar-refractivity contribution in [1.29, 1.82) is 0 Å². The summed E-state index contributed by atoms with van der Waals surface area (Å²) in [5.41, 5.74) is 1.06. The molecule has 1 aliphatic heterocycles. The molecule has 0 spiro atoms. The number of ether oxygens (including phenoxy) is 1. The lowest BCUT2D eigenvalue weighted by atomic mass is 10.3. The van der Waals surface area contributed by atoms with Crippen molar-refractivity contribution in [1.82, 2.24) is 15.0 Å². The normalized spacial score (nSPS) is 14.5. The number of thioether (sulfide) groups is 1. The molecule has 3 heterocycles. The summed E-state index contributed by atoms with van der Waals surface area (Å²) in [6.07, 6.45) is 1.46. The fourth-order valence-electron chi connectivity index (χ4n) is 2.61. The van der Waals surface area contributed by atoms with Crippen molar-refractivity contribution in [3.8, 4) is 0 Å². The Morgan fingerprint density at radius 3 is 3.00 bits per heavy atom. The molecule has 4 rings (SSSR count).